The van der Waals surface area contributed by atoms with Crippen molar-refractivity contribution >= 4 is 33.9 Å². The van der Waals surface area contributed by atoms with Gasteiger partial charge in [0, 0.05) is 4.88 Å². The van der Waals surface area contributed by atoms with Gasteiger partial charge < -0.3 is 10.1 Å². The maximum Gasteiger partial charge on any atom is 0.341 e. The van der Waals surface area contributed by atoms with Gasteiger partial charge in [0.2, 0.25) is 5.91 Å². The van der Waals surface area contributed by atoms with Crippen molar-refractivity contribution in [3.8, 4) is 0 Å². The molecular weight excluding hydrogens is 372 g/mol. The van der Waals surface area contributed by atoms with Gasteiger partial charge in [0.1, 0.15) is 22.9 Å². The number of nitrogens with zero attached hydrogens (tertiary/aromatic N) is 3. The van der Waals surface area contributed by atoms with Crippen LogP contribution in [0.25, 0.3) is 0 Å². The predicted molar refractivity (Wildman–Crippen MR) is 101 cm³/mol. The number of ether oxygens (including phenoxy) is 1. The van der Waals surface area contributed by atoms with Crippen LogP contribution in [0.2, 0.25) is 0 Å². The van der Waals surface area contributed by atoms with E-state index in [-0.39, 0.29) is 24.5 Å². The maximum absolute atomic E-state index is 12.5. The quantitative estimate of drug-likeness (QED) is 0.438. The minimum atomic E-state index is -0.513. The van der Waals surface area contributed by atoms with E-state index in [2.05, 4.69) is 10.4 Å². The summed E-state index contributed by atoms with van der Waals surface area (Å²) in [5, 5.41) is 18.3. The Morgan fingerprint density at radius 2 is 1.96 bits per heavy atom. The molecule has 0 atom stereocenters. The van der Waals surface area contributed by atoms with Crippen molar-refractivity contribution in [3.63, 3.8) is 0 Å². The largest absolute Gasteiger partial charge is 0.462 e. The van der Waals surface area contributed by atoms with Crippen molar-refractivity contribution in [3.05, 3.63) is 37.5 Å². The molecular formula is C17H22N4O5S. The maximum atomic E-state index is 12.5. The molecule has 0 saturated heterocycles. The Morgan fingerprint density at radius 1 is 1.30 bits per heavy atom. The summed E-state index contributed by atoms with van der Waals surface area (Å²) < 4.78 is 6.40. The van der Waals surface area contributed by atoms with Crippen LogP contribution in [-0.4, -0.2) is 33.2 Å². The van der Waals surface area contributed by atoms with E-state index in [0.717, 1.165) is 10.4 Å². The molecule has 2 heterocycles. The van der Waals surface area contributed by atoms with E-state index in [9.17, 15) is 19.7 Å². The minimum absolute atomic E-state index is 0.102. The summed E-state index contributed by atoms with van der Waals surface area (Å²) >= 11 is 1.31. The first-order valence-electron chi connectivity index (χ1n) is 8.48. The highest BCUT2D eigenvalue weighted by atomic mass is 32.1. The lowest BCUT2D eigenvalue weighted by Gasteiger charge is -2.08. The average Bonchev–Trinajstić information content (AvgIpc) is 3.03. The van der Waals surface area contributed by atoms with Crippen molar-refractivity contribution < 1.29 is 19.2 Å². The molecule has 0 aliphatic rings. The number of nitrogens with one attached hydrogen (secondary N) is 1. The van der Waals surface area contributed by atoms with Gasteiger partial charge in [0.15, 0.2) is 0 Å². The second-order valence-corrected chi connectivity index (χ2v) is 7.12. The molecule has 1 amide bonds. The smallest absolute Gasteiger partial charge is 0.341 e. The molecule has 10 heteroatoms. The summed E-state index contributed by atoms with van der Waals surface area (Å²) in [6.45, 7) is 8.64. The lowest BCUT2D eigenvalue weighted by molar-refractivity contribution is -0.386. The third kappa shape index (κ3) is 4.16. The van der Waals surface area contributed by atoms with Crippen molar-refractivity contribution in [1.82, 2.24) is 9.78 Å². The highest BCUT2D eigenvalue weighted by molar-refractivity contribution is 7.16. The number of rotatable bonds is 7. The monoisotopic (exact) mass is 394 g/mol. The van der Waals surface area contributed by atoms with Crippen molar-refractivity contribution in [1.29, 1.82) is 0 Å². The molecule has 0 bridgehead atoms. The molecule has 2 aromatic heterocycles. The summed E-state index contributed by atoms with van der Waals surface area (Å²) in [4.78, 5) is 36.3. The van der Waals surface area contributed by atoms with Gasteiger partial charge in [-0.15, -0.1) is 11.3 Å². The van der Waals surface area contributed by atoms with E-state index in [1.54, 1.807) is 13.8 Å². The minimum Gasteiger partial charge on any atom is -0.462 e. The van der Waals surface area contributed by atoms with Crippen LogP contribution in [0.5, 0.6) is 0 Å². The van der Waals surface area contributed by atoms with Crippen molar-refractivity contribution in [2.75, 3.05) is 11.9 Å². The third-order valence-electron chi connectivity index (χ3n) is 4.11. The average molecular weight is 394 g/mol. The number of aryl methyl sites for hydroxylation is 2. The molecule has 1 N–H and O–H groups in total. The highest BCUT2D eigenvalue weighted by Gasteiger charge is 2.25. The van der Waals surface area contributed by atoms with Gasteiger partial charge in [-0.1, -0.05) is 6.92 Å². The number of carbonyl (C=O) groups is 2. The standard InChI is InChI=1S/C17H22N4O5S/c1-6-12-11(5)27-16(14(12)17(23)26-7-2)18-13(22)8-20-10(4)15(21(24)25)9(3)19-20/h6-8H2,1-5H3,(H,18,22). The Kier molecular flexibility index (Phi) is 6.32. The van der Waals surface area contributed by atoms with Gasteiger partial charge >= 0.3 is 11.7 Å². The second kappa shape index (κ2) is 8.30. The first-order chi connectivity index (χ1) is 12.7. The van der Waals surface area contributed by atoms with Gasteiger partial charge in [0.25, 0.3) is 0 Å². The van der Waals surface area contributed by atoms with Crippen LogP contribution in [0.15, 0.2) is 0 Å². The van der Waals surface area contributed by atoms with Crippen LogP contribution in [-0.2, 0) is 22.5 Å². The van der Waals surface area contributed by atoms with Crippen LogP contribution >= 0.6 is 11.3 Å². The Hall–Kier alpha value is -2.75. The van der Waals surface area contributed by atoms with Crippen molar-refractivity contribution in [2.45, 2.75) is 47.6 Å². The number of amides is 1. The van der Waals surface area contributed by atoms with Gasteiger partial charge in [-0.05, 0) is 39.7 Å². The molecule has 146 valence electrons. The van der Waals surface area contributed by atoms with Crippen LogP contribution in [0.4, 0.5) is 10.7 Å². The molecule has 0 saturated carbocycles. The van der Waals surface area contributed by atoms with Crippen LogP contribution in [0, 0.1) is 30.9 Å². The summed E-state index contributed by atoms with van der Waals surface area (Å²) in [7, 11) is 0. The normalized spacial score (nSPS) is 10.7. The van der Waals surface area contributed by atoms with Crippen LogP contribution in [0.1, 0.15) is 46.0 Å². The van der Waals surface area contributed by atoms with Gasteiger partial charge in [0.05, 0.1) is 17.1 Å². The number of hydrogen-bond acceptors (Lipinski definition) is 7. The number of aromatic nitrogens is 2. The lowest BCUT2D eigenvalue weighted by atomic mass is 10.1. The number of carbonyl (C=O) groups excluding carboxylic acids is 2. The topological polar surface area (TPSA) is 116 Å². The van der Waals surface area contributed by atoms with Gasteiger partial charge in [-0.3, -0.25) is 19.6 Å². The molecule has 0 aliphatic carbocycles. The Labute approximate surface area is 160 Å². The predicted octanol–water partition coefficient (Wildman–Crippen LogP) is 3.16. The number of esters is 1. The van der Waals surface area contributed by atoms with E-state index < -0.39 is 16.8 Å². The van der Waals surface area contributed by atoms with E-state index >= 15 is 0 Å². The summed E-state index contributed by atoms with van der Waals surface area (Å²) in [5.41, 5.74) is 1.66. The summed E-state index contributed by atoms with van der Waals surface area (Å²) in [5.74, 6) is -0.902. The highest BCUT2D eigenvalue weighted by Crippen LogP contribution is 2.34. The number of nitro groups is 1. The molecule has 0 radical (unpaired) electrons. The van der Waals surface area contributed by atoms with Crippen LogP contribution in [0.3, 0.4) is 0 Å². The van der Waals surface area contributed by atoms with E-state index in [4.69, 9.17) is 4.74 Å². The second-order valence-electron chi connectivity index (χ2n) is 5.90. The van der Waals surface area contributed by atoms with Crippen molar-refractivity contribution in [2.24, 2.45) is 0 Å². The fourth-order valence-electron chi connectivity index (χ4n) is 2.92. The lowest BCUT2D eigenvalue weighted by Crippen LogP contribution is -2.21. The number of thiophene rings is 1. The molecule has 2 rings (SSSR count). The molecule has 0 unspecified atom stereocenters. The zero-order chi connectivity index (χ0) is 20.3. The third-order valence-corrected chi connectivity index (χ3v) is 5.18. The van der Waals surface area contributed by atoms with Crippen LogP contribution < -0.4 is 5.32 Å². The fourth-order valence-corrected chi connectivity index (χ4v) is 4.07. The van der Waals surface area contributed by atoms with E-state index in [1.165, 1.54) is 22.9 Å². The Morgan fingerprint density at radius 3 is 2.48 bits per heavy atom. The molecule has 0 aromatic carbocycles. The first-order valence-corrected chi connectivity index (χ1v) is 9.30. The van der Waals surface area contributed by atoms with Gasteiger partial charge in [-0.2, -0.15) is 5.10 Å². The molecule has 9 nitrogen and oxygen atoms in total. The SMILES string of the molecule is CCOC(=O)c1c(NC(=O)Cn2nc(C)c([N+](=O)[O-])c2C)sc(C)c1CC. The molecule has 0 aliphatic heterocycles. The van der Waals surface area contributed by atoms with E-state index in [0.29, 0.717) is 22.7 Å². The summed E-state index contributed by atoms with van der Waals surface area (Å²) in [6.07, 6.45) is 0.635. The van der Waals surface area contributed by atoms with E-state index in [1.807, 2.05) is 13.8 Å². The molecule has 0 fully saturated rings. The molecule has 0 spiro atoms. The number of hydrogen-bond donors (Lipinski definition) is 1. The van der Waals surface area contributed by atoms with Gasteiger partial charge in [-0.25, -0.2) is 4.79 Å². The Bertz CT molecular complexity index is 900. The number of anilines is 1. The summed E-state index contributed by atoms with van der Waals surface area (Å²) in [6, 6.07) is 0. The fraction of sp³-hybridized carbons (Fsp3) is 0.471. The Balaban J connectivity index is 2.28. The zero-order valence-corrected chi connectivity index (χ0v) is 16.7. The first kappa shape index (κ1) is 20.6. The molecule has 2 aromatic rings. The molecule has 27 heavy (non-hydrogen) atoms. The zero-order valence-electron chi connectivity index (χ0n) is 15.9.